The van der Waals surface area contributed by atoms with Crippen molar-refractivity contribution >= 4 is 37.6 Å². The Labute approximate surface area is 126 Å². The van der Waals surface area contributed by atoms with Crippen LogP contribution in [-0.4, -0.2) is 21.0 Å². The molecular formula is C12H16BrClN2O2S. The second-order valence-electron chi connectivity index (χ2n) is 4.73. The quantitative estimate of drug-likeness (QED) is 0.859. The highest BCUT2D eigenvalue weighted by atomic mass is 79.9. The van der Waals surface area contributed by atoms with E-state index in [-0.39, 0.29) is 21.9 Å². The molecule has 0 spiro atoms. The van der Waals surface area contributed by atoms with Crippen molar-refractivity contribution in [3.63, 3.8) is 0 Å². The molecule has 1 aromatic carbocycles. The lowest BCUT2D eigenvalue weighted by atomic mass is 10.1. The highest BCUT2D eigenvalue weighted by Crippen LogP contribution is 2.29. The number of sulfonamides is 1. The van der Waals surface area contributed by atoms with Crippen molar-refractivity contribution in [3.8, 4) is 0 Å². The molecule has 4 nitrogen and oxygen atoms in total. The van der Waals surface area contributed by atoms with Gasteiger partial charge in [0.15, 0.2) is 0 Å². The van der Waals surface area contributed by atoms with E-state index in [1.807, 2.05) is 0 Å². The molecule has 106 valence electrons. The number of benzene rings is 1. The van der Waals surface area contributed by atoms with Crippen LogP contribution in [0.5, 0.6) is 0 Å². The molecule has 0 aliphatic heterocycles. The zero-order valence-electron chi connectivity index (χ0n) is 10.3. The van der Waals surface area contributed by atoms with E-state index in [4.69, 9.17) is 17.3 Å². The molecule has 0 aromatic heterocycles. The number of hydrogen-bond donors (Lipinski definition) is 2. The zero-order chi connectivity index (χ0) is 14.0. The molecule has 0 amide bonds. The Morgan fingerprint density at radius 2 is 2.16 bits per heavy atom. The minimum absolute atomic E-state index is 0.0925. The SMILES string of the molecule is NCC1CCCC1NS(=O)(=O)c1cc(Br)ccc1Cl. The van der Waals surface area contributed by atoms with Crippen LogP contribution in [-0.2, 0) is 10.0 Å². The topological polar surface area (TPSA) is 72.2 Å². The summed E-state index contributed by atoms with van der Waals surface area (Å²) in [6, 6.07) is 4.69. The van der Waals surface area contributed by atoms with Gasteiger partial charge >= 0.3 is 0 Å². The van der Waals surface area contributed by atoms with Gasteiger partial charge in [-0.05, 0) is 43.5 Å². The molecule has 2 rings (SSSR count). The molecule has 19 heavy (non-hydrogen) atoms. The molecular weight excluding hydrogens is 352 g/mol. The maximum absolute atomic E-state index is 12.4. The van der Waals surface area contributed by atoms with Gasteiger partial charge in [0.25, 0.3) is 0 Å². The van der Waals surface area contributed by atoms with Crippen LogP contribution in [0.4, 0.5) is 0 Å². The maximum Gasteiger partial charge on any atom is 0.242 e. The lowest BCUT2D eigenvalue weighted by Gasteiger charge is -2.19. The lowest BCUT2D eigenvalue weighted by Crippen LogP contribution is -2.39. The zero-order valence-corrected chi connectivity index (χ0v) is 13.4. The largest absolute Gasteiger partial charge is 0.330 e. The van der Waals surface area contributed by atoms with Gasteiger partial charge in [-0.1, -0.05) is 34.0 Å². The van der Waals surface area contributed by atoms with Crippen molar-refractivity contribution in [1.82, 2.24) is 4.72 Å². The number of hydrogen-bond acceptors (Lipinski definition) is 3. The van der Waals surface area contributed by atoms with E-state index in [0.29, 0.717) is 11.0 Å². The summed E-state index contributed by atoms with van der Waals surface area (Å²) < 4.78 is 28.1. The molecule has 3 N–H and O–H groups in total. The van der Waals surface area contributed by atoms with Crippen LogP contribution >= 0.6 is 27.5 Å². The maximum atomic E-state index is 12.4. The highest BCUT2D eigenvalue weighted by molar-refractivity contribution is 9.10. The third-order valence-electron chi connectivity index (χ3n) is 3.45. The summed E-state index contributed by atoms with van der Waals surface area (Å²) in [5, 5.41) is 0.220. The second-order valence-corrected chi connectivity index (χ2v) is 7.73. The van der Waals surface area contributed by atoms with E-state index in [0.717, 1.165) is 19.3 Å². The monoisotopic (exact) mass is 366 g/mol. The molecule has 1 saturated carbocycles. The van der Waals surface area contributed by atoms with Gasteiger partial charge in [-0.2, -0.15) is 0 Å². The minimum atomic E-state index is -3.61. The molecule has 0 radical (unpaired) electrons. The van der Waals surface area contributed by atoms with E-state index in [1.165, 1.54) is 6.07 Å². The third-order valence-corrected chi connectivity index (χ3v) is 5.92. The Hall–Kier alpha value is -0.140. The van der Waals surface area contributed by atoms with Crippen LogP contribution in [0.2, 0.25) is 5.02 Å². The van der Waals surface area contributed by atoms with Crippen LogP contribution in [0, 0.1) is 5.92 Å². The molecule has 1 aliphatic rings. The van der Waals surface area contributed by atoms with Crippen LogP contribution in [0.3, 0.4) is 0 Å². The molecule has 0 heterocycles. The van der Waals surface area contributed by atoms with Crippen LogP contribution in [0.25, 0.3) is 0 Å². The molecule has 2 unspecified atom stereocenters. The van der Waals surface area contributed by atoms with Gasteiger partial charge < -0.3 is 5.73 Å². The van der Waals surface area contributed by atoms with Gasteiger partial charge in [-0.3, -0.25) is 0 Å². The fourth-order valence-corrected chi connectivity index (χ4v) is 4.80. The molecule has 1 fully saturated rings. The van der Waals surface area contributed by atoms with Gasteiger partial charge in [0.1, 0.15) is 4.90 Å². The Bertz CT molecular complexity index is 565. The van der Waals surface area contributed by atoms with Gasteiger partial charge in [0.05, 0.1) is 5.02 Å². The van der Waals surface area contributed by atoms with Crippen LogP contribution in [0.1, 0.15) is 19.3 Å². The van der Waals surface area contributed by atoms with Gasteiger partial charge in [0.2, 0.25) is 10.0 Å². The third kappa shape index (κ3) is 3.49. The van der Waals surface area contributed by atoms with Crippen molar-refractivity contribution in [1.29, 1.82) is 0 Å². The van der Waals surface area contributed by atoms with Crippen molar-refractivity contribution < 1.29 is 8.42 Å². The Morgan fingerprint density at radius 3 is 2.84 bits per heavy atom. The summed E-state index contributed by atoms with van der Waals surface area (Å²) in [5.74, 6) is 0.209. The van der Waals surface area contributed by atoms with E-state index >= 15 is 0 Å². The van der Waals surface area contributed by atoms with Crippen molar-refractivity contribution in [3.05, 3.63) is 27.7 Å². The van der Waals surface area contributed by atoms with E-state index in [2.05, 4.69) is 20.7 Å². The summed E-state index contributed by atoms with van der Waals surface area (Å²) in [7, 11) is -3.61. The molecule has 0 saturated heterocycles. The van der Waals surface area contributed by atoms with Gasteiger partial charge in [0, 0.05) is 10.5 Å². The Kier molecular flexibility index (Phi) is 4.89. The summed E-state index contributed by atoms with van der Waals surface area (Å²) in [6.07, 6.45) is 2.80. The van der Waals surface area contributed by atoms with E-state index < -0.39 is 10.0 Å². The van der Waals surface area contributed by atoms with Gasteiger partial charge in [-0.25, -0.2) is 13.1 Å². The number of halogens is 2. The number of nitrogens with one attached hydrogen (secondary N) is 1. The molecule has 1 aliphatic carbocycles. The first-order valence-corrected chi connectivity index (χ1v) is 8.77. The normalized spacial score (nSPS) is 23.7. The first-order valence-electron chi connectivity index (χ1n) is 6.11. The predicted molar refractivity (Wildman–Crippen MR) is 79.7 cm³/mol. The number of nitrogens with two attached hydrogens (primary N) is 1. The molecule has 2 atom stereocenters. The molecule has 0 bridgehead atoms. The fourth-order valence-electron chi connectivity index (χ4n) is 2.42. The standard InChI is InChI=1S/C12H16BrClN2O2S/c13-9-4-5-10(14)12(6-9)19(17,18)16-11-3-1-2-8(11)7-15/h4-6,8,11,16H,1-3,7,15H2. The second kappa shape index (κ2) is 6.10. The van der Waals surface area contributed by atoms with Gasteiger partial charge in [-0.15, -0.1) is 0 Å². The fraction of sp³-hybridized carbons (Fsp3) is 0.500. The lowest BCUT2D eigenvalue weighted by molar-refractivity contribution is 0.453. The van der Waals surface area contributed by atoms with Crippen molar-refractivity contribution in [2.45, 2.75) is 30.2 Å². The van der Waals surface area contributed by atoms with Crippen LogP contribution < -0.4 is 10.5 Å². The molecule has 1 aromatic rings. The predicted octanol–water partition coefficient (Wildman–Crippen LogP) is 2.51. The van der Waals surface area contributed by atoms with E-state index in [9.17, 15) is 8.42 Å². The first kappa shape index (κ1) is 15.3. The smallest absolute Gasteiger partial charge is 0.242 e. The highest BCUT2D eigenvalue weighted by Gasteiger charge is 2.31. The minimum Gasteiger partial charge on any atom is -0.330 e. The van der Waals surface area contributed by atoms with Crippen LogP contribution in [0.15, 0.2) is 27.6 Å². The summed E-state index contributed by atoms with van der Waals surface area (Å²) in [5.41, 5.74) is 5.67. The van der Waals surface area contributed by atoms with Crippen molar-refractivity contribution in [2.75, 3.05) is 6.54 Å². The molecule has 7 heteroatoms. The van der Waals surface area contributed by atoms with Crippen molar-refractivity contribution in [2.24, 2.45) is 11.7 Å². The van der Waals surface area contributed by atoms with E-state index in [1.54, 1.807) is 12.1 Å². The summed E-state index contributed by atoms with van der Waals surface area (Å²) >= 11 is 9.23. The average molecular weight is 368 g/mol. The first-order chi connectivity index (χ1) is 8.94. The Balaban J connectivity index is 2.25. The summed E-state index contributed by atoms with van der Waals surface area (Å²) in [4.78, 5) is 0.103. The Morgan fingerprint density at radius 1 is 1.42 bits per heavy atom. The average Bonchev–Trinajstić information content (AvgIpc) is 2.78. The number of rotatable bonds is 4. The summed E-state index contributed by atoms with van der Waals surface area (Å²) in [6.45, 7) is 0.499.